The third-order valence-corrected chi connectivity index (χ3v) is 7.76. The number of aromatic nitrogens is 4. The minimum absolute atomic E-state index is 0.103. The van der Waals surface area contributed by atoms with Gasteiger partial charge in [-0.3, -0.25) is 9.69 Å². The van der Waals surface area contributed by atoms with Crippen molar-refractivity contribution in [2.45, 2.75) is 57.9 Å². The summed E-state index contributed by atoms with van der Waals surface area (Å²) >= 11 is 0. The summed E-state index contributed by atoms with van der Waals surface area (Å²) in [6, 6.07) is 8.93. The molecule has 7 heteroatoms. The van der Waals surface area contributed by atoms with Crippen LogP contribution in [0.25, 0.3) is 17.2 Å². The molecular formula is C27H32N6O. The fourth-order valence-corrected chi connectivity index (χ4v) is 5.72. The first kappa shape index (κ1) is 21.5. The summed E-state index contributed by atoms with van der Waals surface area (Å²) in [5.74, 6) is 1.03. The Hall–Kier alpha value is -3.06. The Kier molecular flexibility index (Phi) is 5.44. The van der Waals surface area contributed by atoms with Crippen LogP contribution >= 0.6 is 0 Å². The van der Waals surface area contributed by atoms with Gasteiger partial charge in [0.25, 0.3) is 11.9 Å². The van der Waals surface area contributed by atoms with Crippen LogP contribution in [0.4, 0.5) is 0 Å². The Labute approximate surface area is 200 Å². The Morgan fingerprint density at radius 3 is 2.65 bits per heavy atom. The van der Waals surface area contributed by atoms with E-state index >= 15 is 0 Å². The van der Waals surface area contributed by atoms with E-state index in [1.165, 1.54) is 16.7 Å². The van der Waals surface area contributed by atoms with Crippen LogP contribution in [0.2, 0.25) is 0 Å². The van der Waals surface area contributed by atoms with Gasteiger partial charge in [0.2, 0.25) is 0 Å². The molecule has 0 spiro atoms. The highest BCUT2D eigenvalue weighted by molar-refractivity contribution is 5.95. The standard InChI is InChI=1S/C27H32N6O/c1-3-31(4-2)21-13-14-32(17-21)26(34)23-16-29-33(25(23)19-10-11-19)27-28-15-20-12-9-18-7-5-6-8-22(18)24(20)30-27/h5-8,15-16,19,21H,3-4,9-14,17H2,1-2H3/t21-/m1/s1. The van der Waals surface area contributed by atoms with Crippen LogP contribution in [-0.4, -0.2) is 67.7 Å². The Morgan fingerprint density at radius 1 is 1.06 bits per heavy atom. The molecule has 0 bridgehead atoms. The quantitative estimate of drug-likeness (QED) is 0.563. The molecule has 0 unspecified atom stereocenters. The molecule has 1 aromatic carbocycles. The van der Waals surface area contributed by atoms with Gasteiger partial charge in [0, 0.05) is 36.8 Å². The number of carbonyl (C=O) groups is 1. The zero-order valence-corrected chi connectivity index (χ0v) is 20.1. The molecule has 34 heavy (non-hydrogen) atoms. The van der Waals surface area contributed by atoms with E-state index in [1.807, 2.05) is 15.8 Å². The number of aryl methyl sites for hydroxylation is 2. The molecule has 7 nitrogen and oxygen atoms in total. The van der Waals surface area contributed by atoms with Gasteiger partial charge in [0.1, 0.15) is 0 Å². The number of hydrogen-bond acceptors (Lipinski definition) is 5. The Balaban J connectivity index is 1.33. The minimum Gasteiger partial charge on any atom is -0.337 e. The molecule has 2 fully saturated rings. The molecule has 0 N–H and O–H groups in total. The van der Waals surface area contributed by atoms with E-state index in [0.717, 1.165) is 75.2 Å². The monoisotopic (exact) mass is 456 g/mol. The maximum Gasteiger partial charge on any atom is 0.257 e. The highest BCUT2D eigenvalue weighted by Crippen LogP contribution is 2.43. The fraction of sp³-hybridized carbons (Fsp3) is 0.481. The third-order valence-electron chi connectivity index (χ3n) is 7.76. The van der Waals surface area contributed by atoms with Crippen molar-refractivity contribution in [2.24, 2.45) is 0 Å². The number of benzene rings is 1. The first-order valence-corrected chi connectivity index (χ1v) is 12.7. The van der Waals surface area contributed by atoms with E-state index in [2.05, 4.69) is 48.1 Å². The van der Waals surface area contributed by atoms with Gasteiger partial charge in [-0.15, -0.1) is 0 Å². The molecule has 6 rings (SSSR count). The van der Waals surface area contributed by atoms with E-state index in [4.69, 9.17) is 9.97 Å². The highest BCUT2D eigenvalue weighted by Gasteiger charge is 2.37. The largest absolute Gasteiger partial charge is 0.337 e. The second-order valence-electron chi connectivity index (χ2n) is 9.75. The normalized spacial score (nSPS) is 19.4. The number of amides is 1. The van der Waals surface area contributed by atoms with Crippen molar-refractivity contribution >= 4 is 5.91 Å². The number of fused-ring (bicyclic) bond motifs is 3. The maximum absolute atomic E-state index is 13.6. The van der Waals surface area contributed by atoms with Crippen LogP contribution in [0.5, 0.6) is 0 Å². The summed E-state index contributed by atoms with van der Waals surface area (Å²) in [5, 5.41) is 4.67. The molecular weight excluding hydrogens is 424 g/mol. The van der Waals surface area contributed by atoms with Crippen molar-refractivity contribution in [3.63, 3.8) is 0 Å². The molecule has 0 radical (unpaired) electrons. The van der Waals surface area contributed by atoms with Crippen molar-refractivity contribution in [1.29, 1.82) is 0 Å². The van der Waals surface area contributed by atoms with Gasteiger partial charge in [-0.05, 0) is 56.3 Å². The molecule has 2 aromatic heterocycles. The van der Waals surface area contributed by atoms with Crippen molar-refractivity contribution in [3.05, 3.63) is 59.0 Å². The van der Waals surface area contributed by atoms with Crippen LogP contribution in [0.3, 0.4) is 0 Å². The van der Waals surface area contributed by atoms with E-state index in [0.29, 0.717) is 17.9 Å². The van der Waals surface area contributed by atoms with Gasteiger partial charge in [0.05, 0.1) is 23.1 Å². The van der Waals surface area contributed by atoms with Gasteiger partial charge < -0.3 is 4.90 Å². The summed E-state index contributed by atoms with van der Waals surface area (Å²) in [7, 11) is 0. The maximum atomic E-state index is 13.6. The van der Waals surface area contributed by atoms with Gasteiger partial charge in [-0.2, -0.15) is 5.10 Å². The lowest BCUT2D eigenvalue weighted by molar-refractivity contribution is 0.0776. The first-order chi connectivity index (χ1) is 16.7. The van der Waals surface area contributed by atoms with E-state index in [9.17, 15) is 4.79 Å². The number of nitrogens with zero attached hydrogens (tertiary/aromatic N) is 6. The zero-order chi connectivity index (χ0) is 23.2. The van der Waals surface area contributed by atoms with Crippen LogP contribution < -0.4 is 0 Å². The van der Waals surface area contributed by atoms with Crippen molar-refractivity contribution in [1.82, 2.24) is 29.5 Å². The topological polar surface area (TPSA) is 67.2 Å². The second kappa shape index (κ2) is 8.62. The van der Waals surface area contributed by atoms with Crippen LogP contribution in [0.1, 0.15) is 66.2 Å². The zero-order valence-electron chi connectivity index (χ0n) is 20.1. The first-order valence-electron chi connectivity index (χ1n) is 12.7. The minimum atomic E-state index is 0.103. The summed E-state index contributed by atoms with van der Waals surface area (Å²) in [4.78, 5) is 27.7. The van der Waals surface area contributed by atoms with Crippen molar-refractivity contribution < 1.29 is 4.79 Å². The molecule has 3 aliphatic rings. The Morgan fingerprint density at radius 2 is 1.85 bits per heavy atom. The third kappa shape index (κ3) is 3.63. The van der Waals surface area contributed by atoms with E-state index in [1.54, 1.807) is 6.20 Å². The summed E-state index contributed by atoms with van der Waals surface area (Å²) in [6.07, 6.45) is 8.87. The number of carbonyl (C=O) groups excluding carboxylic acids is 1. The van der Waals surface area contributed by atoms with Crippen molar-refractivity contribution in [2.75, 3.05) is 26.2 Å². The number of likely N-dealkylation sites (tertiary alicyclic amines) is 1. The predicted molar refractivity (Wildman–Crippen MR) is 131 cm³/mol. The lowest BCUT2D eigenvalue weighted by Crippen LogP contribution is -2.38. The second-order valence-corrected chi connectivity index (χ2v) is 9.75. The van der Waals surface area contributed by atoms with Crippen LogP contribution in [0.15, 0.2) is 36.7 Å². The average molecular weight is 457 g/mol. The lowest BCUT2D eigenvalue weighted by Gasteiger charge is -2.26. The smallest absolute Gasteiger partial charge is 0.257 e. The molecule has 1 saturated carbocycles. The molecule has 3 heterocycles. The highest BCUT2D eigenvalue weighted by atomic mass is 16.2. The molecule has 176 valence electrons. The van der Waals surface area contributed by atoms with Gasteiger partial charge in [0.15, 0.2) is 0 Å². The average Bonchev–Trinajstić information content (AvgIpc) is 3.43. The molecule has 1 amide bonds. The fourth-order valence-electron chi connectivity index (χ4n) is 5.72. The molecule has 1 aliphatic heterocycles. The number of hydrogen-bond donors (Lipinski definition) is 0. The van der Waals surface area contributed by atoms with E-state index in [-0.39, 0.29) is 5.91 Å². The van der Waals surface area contributed by atoms with Gasteiger partial charge in [-0.1, -0.05) is 38.1 Å². The predicted octanol–water partition coefficient (Wildman–Crippen LogP) is 3.86. The van der Waals surface area contributed by atoms with Crippen LogP contribution in [-0.2, 0) is 12.8 Å². The SMILES string of the molecule is CCN(CC)[C@@H]1CCN(C(=O)c2cnn(-c3ncc4c(n3)-c3ccccc3CC4)c2C2CC2)C1. The van der Waals surface area contributed by atoms with Crippen LogP contribution in [0, 0.1) is 0 Å². The summed E-state index contributed by atoms with van der Waals surface area (Å²) < 4.78 is 1.83. The Bertz CT molecular complexity index is 1230. The molecule has 1 saturated heterocycles. The molecule has 2 aliphatic carbocycles. The number of likely N-dealkylation sites (N-methyl/N-ethyl adjacent to an activating group) is 1. The number of rotatable bonds is 6. The lowest BCUT2D eigenvalue weighted by atomic mass is 9.90. The van der Waals surface area contributed by atoms with Gasteiger partial charge in [-0.25, -0.2) is 14.6 Å². The van der Waals surface area contributed by atoms with Gasteiger partial charge >= 0.3 is 0 Å². The summed E-state index contributed by atoms with van der Waals surface area (Å²) in [5.41, 5.74) is 6.40. The summed E-state index contributed by atoms with van der Waals surface area (Å²) in [6.45, 7) is 8.03. The van der Waals surface area contributed by atoms with Crippen molar-refractivity contribution in [3.8, 4) is 17.2 Å². The van der Waals surface area contributed by atoms with E-state index < -0.39 is 0 Å². The molecule has 1 atom stereocenters. The molecule has 3 aromatic rings.